The van der Waals surface area contributed by atoms with Crippen LogP contribution < -0.4 is 0 Å². The molecule has 1 heteroatoms. The van der Waals surface area contributed by atoms with Gasteiger partial charge in [-0.3, -0.25) is 0 Å². The van der Waals surface area contributed by atoms with Gasteiger partial charge in [0.2, 0.25) is 0 Å². The number of hydrogen-bond acceptors (Lipinski definition) is 0. The van der Waals surface area contributed by atoms with Crippen molar-refractivity contribution in [1.82, 2.24) is 0 Å². The van der Waals surface area contributed by atoms with Crippen LogP contribution in [0.15, 0.2) is 24.3 Å². The van der Waals surface area contributed by atoms with Crippen LogP contribution in [-0.2, 0) is 6.04 Å². The standard InChI is InChI=1S/C8H9Si/c1-7-4-2-3-5-8(7)6-9/h2-5H,6H2,1H3. The largest absolute Gasteiger partial charge is 0.0620 e. The quantitative estimate of drug-likeness (QED) is 0.511. The molecule has 1 aromatic carbocycles. The van der Waals surface area contributed by atoms with E-state index in [0.717, 1.165) is 6.04 Å². The second-order valence-corrected chi connectivity index (χ2v) is 2.46. The summed E-state index contributed by atoms with van der Waals surface area (Å²) in [5.74, 6) is 0. The van der Waals surface area contributed by atoms with Crippen molar-refractivity contribution in [3.05, 3.63) is 35.4 Å². The fourth-order valence-electron chi connectivity index (χ4n) is 0.808. The van der Waals surface area contributed by atoms with E-state index < -0.39 is 0 Å². The highest BCUT2D eigenvalue weighted by Crippen LogP contribution is 2.04. The summed E-state index contributed by atoms with van der Waals surface area (Å²) < 4.78 is 0. The Morgan fingerprint density at radius 3 is 2.44 bits per heavy atom. The molecule has 1 aromatic rings. The first-order valence-electron chi connectivity index (χ1n) is 3.03. The summed E-state index contributed by atoms with van der Waals surface area (Å²) >= 11 is 0. The van der Waals surface area contributed by atoms with Gasteiger partial charge in [-0.05, 0) is 24.1 Å². The summed E-state index contributed by atoms with van der Waals surface area (Å²) in [5.41, 5.74) is 2.72. The third-order valence-corrected chi connectivity index (χ3v) is 1.83. The van der Waals surface area contributed by atoms with Crippen LogP contribution in [0.4, 0.5) is 0 Å². The molecule has 0 amide bonds. The molecule has 0 bridgehead atoms. The third-order valence-electron chi connectivity index (χ3n) is 1.45. The van der Waals surface area contributed by atoms with Crippen molar-refractivity contribution < 1.29 is 0 Å². The fourth-order valence-corrected chi connectivity index (χ4v) is 1.21. The minimum absolute atomic E-state index is 0.951. The Bertz CT molecular complexity index is 194. The van der Waals surface area contributed by atoms with Crippen molar-refractivity contribution in [2.75, 3.05) is 0 Å². The van der Waals surface area contributed by atoms with E-state index in [9.17, 15) is 0 Å². The molecule has 1 rings (SSSR count). The van der Waals surface area contributed by atoms with Crippen molar-refractivity contribution in [2.45, 2.75) is 13.0 Å². The molecule has 45 valence electrons. The van der Waals surface area contributed by atoms with Crippen LogP contribution >= 0.6 is 0 Å². The number of hydrogen-bond donors (Lipinski definition) is 0. The van der Waals surface area contributed by atoms with Crippen LogP contribution in [0.2, 0.25) is 0 Å². The summed E-state index contributed by atoms with van der Waals surface area (Å²) in [7, 11) is 3.45. The van der Waals surface area contributed by atoms with E-state index >= 15 is 0 Å². The van der Waals surface area contributed by atoms with Crippen molar-refractivity contribution >= 4 is 10.2 Å². The SMILES string of the molecule is Cc1ccccc1C[Si]. The van der Waals surface area contributed by atoms with Crippen LogP contribution in [0.5, 0.6) is 0 Å². The molecule has 0 aliphatic rings. The third kappa shape index (κ3) is 1.42. The second kappa shape index (κ2) is 2.83. The molecular formula is C8H9Si. The molecule has 0 N–H and O–H groups in total. The maximum Gasteiger partial charge on any atom is 0.0283 e. The first-order valence-corrected chi connectivity index (χ1v) is 3.74. The Labute approximate surface area is 59.3 Å². The van der Waals surface area contributed by atoms with Gasteiger partial charge >= 0.3 is 0 Å². The molecule has 0 heterocycles. The molecule has 0 aromatic heterocycles. The molecule has 0 saturated carbocycles. The molecule has 0 spiro atoms. The molecule has 0 atom stereocenters. The first-order chi connectivity index (χ1) is 4.34. The van der Waals surface area contributed by atoms with Crippen LogP contribution in [0.25, 0.3) is 0 Å². The molecular weight excluding hydrogens is 124 g/mol. The highest BCUT2D eigenvalue weighted by atomic mass is 28.1. The van der Waals surface area contributed by atoms with Gasteiger partial charge in [-0.15, -0.1) is 0 Å². The predicted octanol–water partition coefficient (Wildman–Crippen LogP) is 1.66. The van der Waals surface area contributed by atoms with Crippen molar-refractivity contribution in [3.8, 4) is 0 Å². The Kier molecular flexibility index (Phi) is 2.06. The molecule has 0 unspecified atom stereocenters. The lowest BCUT2D eigenvalue weighted by molar-refractivity contribution is 1.30. The van der Waals surface area contributed by atoms with Gasteiger partial charge in [0.05, 0.1) is 0 Å². The molecule has 0 aliphatic carbocycles. The zero-order valence-corrected chi connectivity index (χ0v) is 6.52. The van der Waals surface area contributed by atoms with E-state index in [2.05, 4.69) is 41.4 Å². The zero-order chi connectivity index (χ0) is 6.69. The van der Waals surface area contributed by atoms with E-state index in [-0.39, 0.29) is 0 Å². The summed E-state index contributed by atoms with van der Waals surface area (Å²) in [6.45, 7) is 2.12. The molecule has 0 saturated heterocycles. The van der Waals surface area contributed by atoms with Gasteiger partial charge in [-0.2, -0.15) is 0 Å². The van der Waals surface area contributed by atoms with E-state index in [1.54, 1.807) is 0 Å². The fraction of sp³-hybridized carbons (Fsp3) is 0.250. The van der Waals surface area contributed by atoms with Gasteiger partial charge in [0, 0.05) is 10.2 Å². The lowest BCUT2D eigenvalue weighted by Crippen LogP contribution is -1.86. The summed E-state index contributed by atoms with van der Waals surface area (Å²) in [4.78, 5) is 0. The smallest absolute Gasteiger partial charge is 0.0283 e. The average molecular weight is 133 g/mol. The highest BCUT2D eigenvalue weighted by molar-refractivity contribution is 6.08. The Hall–Kier alpha value is -0.563. The van der Waals surface area contributed by atoms with Crippen LogP contribution in [0, 0.1) is 6.92 Å². The van der Waals surface area contributed by atoms with Crippen LogP contribution in [0.3, 0.4) is 0 Å². The van der Waals surface area contributed by atoms with Gasteiger partial charge in [0.15, 0.2) is 0 Å². The van der Waals surface area contributed by atoms with Crippen LogP contribution in [-0.4, -0.2) is 10.2 Å². The van der Waals surface area contributed by atoms with E-state index in [0.29, 0.717) is 0 Å². The van der Waals surface area contributed by atoms with Crippen molar-refractivity contribution in [1.29, 1.82) is 0 Å². The summed E-state index contributed by atoms with van der Waals surface area (Å²) in [6, 6.07) is 9.31. The Balaban J connectivity index is 3.01. The molecule has 0 fully saturated rings. The number of benzene rings is 1. The molecule has 0 nitrogen and oxygen atoms in total. The van der Waals surface area contributed by atoms with E-state index in [1.165, 1.54) is 11.1 Å². The number of aryl methyl sites for hydroxylation is 1. The Morgan fingerprint density at radius 2 is 2.00 bits per heavy atom. The number of rotatable bonds is 1. The Morgan fingerprint density at radius 1 is 1.33 bits per heavy atom. The maximum atomic E-state index is 3.45. The molecule has 0 aliphatic heterocycles. The average Bonchev–Trinajstić information content (AvgIpc) is 1.89. The lowest BCUT2D eigenvalue weighted by Gasteiger charge is -1.98. The zero-order valence-electron chi connectivity index (χ0n) is 5.52. The topological polar surface area (TPSA) is 0 Å². The summed E-state index contributed by atoms with van der Waals surface area (Å²) in [6.07, 6.45) is 0. The lowest BCUT2D eigenvalue weighted by atomic mass is 10.1. The van der Waals surface area contributed by atoms with Gasteiger partial charge < -0.3 is 0 Å². The predicted molar refractivity (Wildman–Crippen MR) is 40.6 cm³/mol. The molecule has 9 heavy (non-hydrogen) atoms. The summed E-state index contributed by atoms with van der Waals surface area (Å²) in [5, 5.41) is 0. The highest BCUT2D eigenvalue weighted by Gasteiger charge is 1.89. The van der Waals surface area contributed by atoms with Crippen LogP contribution in [0.1, 0.15) is 11.1 Å². The first kappa shape index (κ1) is 6.56. The normalized spacial score (nSPS) is 9.56. The molecule has 3 radical (unpaired) electrons. The van der Waals surface area contributed by atoms with Crippen molar-refractivity contribution in [3.63, 3.8) is 0 Å². The van der Waals surface area contributed by atoms with E-state index in [1.807, 2.05) is 0 Å². The van der Waals surface area contributed by atoms with Gasteiger partial charge in [0.1, 0.15) is 0 Å². The van der Waals surface area contributed by atoms with Gasteiger partial charge in [-0.1, -0.05) is 24.3 Å². The van der Waals surface area contributed by atoms with E-state index in [4.69, 9.17) is 0 Å². The maximum absolute atomic E-state index is 3.45. The minimum atomic E-state index is 0.951. The monoisotopic (exact) mass is 133 g/mol. The minimum Gasteiger partial charge on any atom is -0.0620 e. The van der Waals surface area contributed by atoms with Gasteiger partial charge in [-0.25, -0.2) is 0 Å². The second-order valence-electron chi connectivity index (χ2n) is 2.10. The van der Waals surface area contributed by atoms with Crippen molar-refractivity contribution in [2.24, 2.45) is 0 Å². The van der Waals surface area contributed by atoms with Gasteiger partial charge in [0.25, 0.3) is 0 Å².